The van der Waals surface area contributed by atoms with Gasteiger partial charge < -0.3 is 21.4 Å². The molecule has 126 valence electrons. The average Bonchev–Trinajstić information content (AvgIpc) is 3.08. The molecule has 1 amide bonds. The summed E-state index contributed by atoms with van der Waals surface area (Å²) in [6.45, 7) is 1.84. The number of amides is 1. The first kappa shape index (κ1) is 16.4. The molecule has 0 saturated heterocycles. The molecule has 0 aliphatic rings. The molecular formula is C19H19N5O. The second-order valence-electron chi connectivity index (χ2n) is 5.76. The zero-order valence-corrected chi connectivity index (χ0v) is 13.8. The number of H-pyrrole nitrogens is 1. The third-order valence-electron chi connectivity index (χ3n) is 3.75. The van der Waals surface area contributed by atoms with Crippen LogP contribution in [0.4, 0.5) is 0 Å². The molecule has 5 N–H and O–H groups in total. The third kappa shape index (κ3) is 3.74. The monoisotopic (exact) mass is 333 g/mol. The minimum absolute atomic E-state index is 0.209. The summed E-state index contributed by atoms with van der Waals surface area (Å²) in [6, 6.07) is 11.2. The molecule has 0 aliphatic carbocycles. The fraction of sp³-hybridized carbons (Fsp3) is 0.105. The molecule has 0 aliphatic heterocycles. The van der Waals surface area contributed by atoms with E-state index in [0.29, 0.717) is 17.0 Å². The Morgan fingerprint density at radius 1 is 1.28 bits per heavy atom. The molecule has 2 aromatic heterocycles. The summed E-state index contributed by atoms with van der Waals surface area (Å²) in [6.07, 6.45) is 5.16. The van der Waals surface area contributed by atoms with Gasteiger partial charge in [0.15, 0.2) is 0 Å². The Hall–Kier alpha value is -3.41. The topological polar surface area (TPSA) is 108 Å². The molecular weight excluding hydrogens is 314 g/mol. The van der Waals surface area contributed by atoms with Gasteiger partial charge in [0.05, 0.1) is 12.2 Å². The van der Waals surface area contributed by atoms with Gasteiger partial charge in [-0.1, -0.05) is 12.1 Å². The van der Waals surface area contributed by atoms with Crippen molar-refractivity contribution in [1.29, 1.82) is 5.41 Å². The quantitative estimate of drug-likeness (QED) is 0.539. The predicted molar refractivity (Wildman–Crippen MR) is 99.5 cm³/mol. The number of hydrogen-bond donors (Lipinski definition) is 4. The van der Waals surface area contributed by atoms with Crippen molar-refractivity contribution in [3.63, 3.8) is 0 Å². The number of carbonyl (C=O) groups excluding carboxylic acids is 1. The molecule has 0 spiro atoms. The Bertz CT molecular complexity index is 953. The van der Waals surface area contributed by atoms with E-state index in [1.54, 1.807) is 25.3 Å². The molecule has 25 heavy (non-hydrogen) atoms. The van der Waals surface area contributed by atoms with Crippen LogP contribution in [0.2, 0.25) is 0 Å². The molecule has 3 rings (SSSR count). The number of nitrogens with zero attached hydrogens (tertiary/aromatic N) is 1. The van der Waals surface area contributed by atoms with Gasteiger partial charge in [0.25, 0.3) is 5.91 Å². The minimum atomic E-state index is -0.210. The maximum absolute atomic E-state index is 12.2. The van der Waals surface area contributed by atoms with Crippen LogP contribution in [-0.2, 0) is 0 Å². The molecule has 0 fully saturated rings. The van der Waals surface area contributed by atoms with Crippen LogP contribution in [0.25, 0.3) is 22.2 Å². The lowest BCUT2D eigenvalue weighted by molar-refractivity contribution is 0.0957. The van der Waals surface area contributed by atoms with Gasteiger partial charge in [0, 0.05) is 45.8 Å². The molecule has 1 aromatic carbocycles. The zero-order valence-electron chi connectivity index (χ0n) is 13.8. The van der Waals surface area contributed by atoms with E-state index >= 15 is 0 Å². The van der Waals surface area contributed by atoms with Crippen LogP contribution in [0.5, 0.6) is 0 Å². The molecule has 6 heteroatoms. The number of benzene rings is 1. The molecule has 0 saturated carbocycles. The van der Waals surface area contributed by atoms with Crippen molar-refractivity contribution in [2.75, 3.05) is 6.54 Å². The number of nitrogens with one attached hydrogen (secondary N) is 3. The summed E-state index contributed by atoms with van der Waals surface area (Å²) in [5.41, 5.74) is 9.92. The molecule has 0 radical (unpaired) electrons. The highest BCUT2D eigenvalue weighted by Crippen LogP contribution is 2.25. The number of allylic oxidation sites excluding steroid dienone is 1. The molecule has 2 heterocycles. The summed E-state index contributed by atoms with van der Waals surface area (Å²) >= 11 is 0. The lowest BCUT2D eigenvalue weighted by Crippen LogP contribution is -2.28. The van der Waals surface area contributed by atoms with E-state index in [4.69, 9.17) is 11.1 Å². The molecule has 6 nitrogen and oxygen atoms in total. The van der Waals surface area contributed by atoms with Crippen molar-refractivity contribution >= 4 is 22.5 Å². The van der Waals surface area contributed by atoms with E-state index in [1.807, 2.05) is 30.5 Å². The normalized spacial score (nSPS) is 11.5. The fourth-order valence-electron chi connectivity index (χ4n) is 2.61. The smallest absolute Gasteiger partial charge is 0.251 e. The summed E-state index contributed by atoms with van der Waals surface area (Å²) in [4.78, 5) is 19.8. The van der Waals surface area contributed by atoms with Crippen molar-refractivity contribution in [3.8, 4) is 11.3 Å². The van der Waals surface area contributed by atoms with Gasteiger partial charge in [0.2, 0.25) is 0 Å². The van der Waals surface area contributed by atoms with Crippen molar-refractivity contribution in [3.05, 3.63) is 66.1 Å². The summed E-state index contributed by atoms with van der Waals surface area (Å²) in [7, 11) is 0. The summed E-state index contributed by atoms with van der Waals surface area (Å²) in [5.74, 6) is -0.210. The largest absolute Gasteiger partial charge is 0.401 e. The number of nitrogens with two attached hydrogens (primary N) is 1. The van der Waals surface area contributed by atoms with E-state index < -0.39 is 0 Å². The Labute approximate surface area is 145 Å². The molecule has 0 unspecified atom stereocenters. The highest BCUT2D eigenvalue weighted by atomic mass is 16.1. The van der Waals surface area contributed by atoms with Gasteiger partial charge in [-0.25, -0.2) is 0 Å². The Morgan fingerprint density at radius 3 is 2.76 bits per heavy atom. The fourth-order valence-corrected chi connectivity index (χ4v) is 2.61. The third-order valence-corrected chi connectivity index (χ3v) is 3.75. The Morgan fingerprint density at radius 2 is 2.04 bits per heavy atom. The highest BCUT2D eigenvalue weighted by molar-refractivity contribution is 5.96. The van der Waals surface area contributed by atoms with E-state index in [-0.39, 0.29) is 12.5 Å². The maximum atomic E-state index is 12.2. The van der Waals surface area contributed by atoms with E-state index in [1.165, 1.54) is 6.08 Å². The van der Waals surface area contributed by atoms with Crippen molar-refractivity contribution in [2.45, 2.75) is 6.92 Å². The number of rotatable bonds is 5. The van der Waals surface area contributed by atoms with Crippen molar-refractivity contribution in [2.24, 2.45) is 5.73 Å². The lowest BCUT2D eigenvalue weighted by atomic mass is 10.1. The van der Waals surface area contributed by atoms with Crippen LogP contribution in [-0.4, -0.2) is 28.1 Å². The van der Waals surface area contributed by atoms with Crippen LogP contribution in [0.15, 0.2) is 60.6 Å². The first-order valence-corrected chi connectivity index (χ1v) is 7.86. The minimum Gasteiger partial charge on any atom is -0.401 e. The lowest BCUT2D eigenvalue weighted by Gasteiger charge is -2.07. The second-order valence-corrected chi connectivity index (χ2v) is 5.76. The van der Waals surface area contributed by atoms with Gasteiger partial charge in [-0.3, -0.25) is 9.78 Å². The number of pyridine rings is 1. The van der Waals surface area contributed by atoms with E-state index in [2.05, 4.69) is 15.3 Å². The van der Waals surface area contributed by atoms with Crippen LogP contribution in [0, 0.1) is 5.41 Å². The maximum Gasteiger partial charge on any atom is 0.251 e. The second kappa shape index (κ2) is 7.00. The van der Waals surface area contributed by atoms with E-state index in [9.17, 15) is 4.79 Å². The summed E-state index contributed by atoms with van der Waals surface area (Å²) < 4.78 is 0. The highest BCUT2D eigenvalue weighted by Gasteiger charge is 2.09. The Balaban J connectivity index is 1.75. The molecule has 0 bridgehead atoms. The SMILES string of the molecule is CC(=N)/C=C(\N)CNC(=O)c1ccc(-c2nccc3[nH]ccc23)cc1. The van der Waals surface area contributed by atoms with E-state index in [0.717, 1.165) is 22.2 Å². The number of aromatic amines is 1. The standard InChI is InChI=1S/C19H19N5O/c1-12(20)10-15(21)11-24-19(25)14-4-2-13(3-5-14)18-16-6-8-22-17(16)7-9-23-18/h2-10,20,22H,11,21H2,1H3,(H,24,25)/b15-10-,20-12?. The van der Waals surface area contributed by atoms with Crippen LogP contribution in [0.1, 0.15) is 17.3 Å². The first-order valence-electron chi connectivity index (χ1n) is 7.86. The molecule has 0 atom stereocenters. The van der Waals surface area contributed by atoms with Crippen molar-refractivity contribution < 1.29 is 4.79 Å². The average molecular weight is 333 g/mol. The van der Waals surface area contributed by atoms with Gasteiger partial charge in [-0.05, 0) is 37.3 Å². The van der Waals surface area contributed by atoms with Crippen molar-refractivity contribution in [1.82, 2.24) is 15.3 Å². The number of carbonyl (C=O) groups is 1. The van der Waals surface area contributed by atoms with Crippen LogP contribution >= 0.6 is 0 Å². The predicted octanol–water partition coefficient (Wildman–Crippen LogP) is 2.84. The number of fused-ring (bicyclic) bond motifs is 1. The molecule has 3 aromatic rings. The summed E-state index contributed by atoms with van der Waals surface area (Å²) in [5, 5.41) is 11.1. The first-order chi connectivity index (χ1) is 12.0. The number of aromatic nitrogens is 2. The van der Waals surface area contributed by atoms with Gasteiger partial charge >= 0.3 is 0 Å². The van der Waals surface area contributed by atoms with Gasteiger partial charge in [-0.15, -0.1) is 0 Å². The Kier molecular flexibility index (Phi) is 4.61. The van der Waals surface area contributed by atoms with Gasteiger partial charge in [-0.2, -0.15) is 0 Å². The zero-order chi connectivity index (χ0) is 17.8. The van der Waals surface area contributed by atoms with Crippen LogP contribution in [0.3, 0.4) is 0 Å². The van der Waals surface area contributed by atoms with Crippen LogP contribution < -0.4 is 11.1 Å². The van der Waals surface area contributed by atoms with Gasteiger partial charge in [0.1, 0.15) is 0 Å². The number of hydrogen-bond acceptors (Lipinski definition) is 4.